The average molecular weight is 365 g/mol. The Balaban J connectivity index is 0.00000289. The quantitative estimate of drug-likeness (QED) is 0.226. The lowest BCUT2D eigenvalue weighted by atomic mass is 10.4. The fourth-order valence-corrected chi connectivity index (χ4v) is 1.37. The third-order valence-electron chi connectivity index (χ3n) is 2.47. The molecular weight excluding hydrogens is 341 g/mol. The Kier molecular flexibility index (Phi) is 11.3. The number of hydrogen-bond acceptors (Lipinski definition) is 2. The first-order valence-electron chi connectivity index (χ1n) is 6.40. The molecule has 1 aliphatic rings. The van der Waals surface area contributed by atoms with Gasteiger partial charge in [-0.2, -0.15) is 0 Å². The van der Waals surface area contributed by atoms with Crippen LogP contribution in [0.4, 0.5) is 0 Å². The van der Waals surface area contributed by atoms with Crippen molar-refractivity contribution in [2.24, 2.45) is 10.9 Å². The summed E-state index contributed by atoms with van der Waals surface area (Å²) < 4.78 is 5.54. The Morgan fingerprint density at radius 2 is 2.22 bits per heavy atom. The standard InChI is InChI=1S/C13H23N3O.HI/c1-3-8-15-13(14-4-2)16-9-5-10-17-11-12-6-7-12;/h1,12H,4-11H2,2H3,(H2,14,15,16);1H. The van der Waals surface area contributed by atoms with E-state index in [0.29, 0.717) is 6.54 Å². The zero-order valence-electron chi connectivity index (χ0n) is 11.1. The number of nitrogens with zero attached hydrogens (tertiary/aromatic N) is 1. The summed E-state index contributed by atoms with van der Waals surface area (Å²) in [6.45, 7) is 5.88. The number of hydrogen-bond donors (Lipinski definition) is 2. The third kappa shape index (κ3) is 9.54. The molecule has 0 aromatic rings. The molecule has 0 aromatic carbocycles. The summed E-state index contributed by atoms with van der Waals surface area (Å²) in [5.41, 5.74) is 0. The van der Waals surface area contributed by atoms with Crippen molar-refractivity contribution < 1.29 is 4.74 Å². The van der Waals surface area contributed by atoms with Crippen LogP contribution in [-0.4, -0.2) is 38.8 Å². The van der Waals surface area contributed by atoms with Crippen LogP contribution in [0.5, 0.6) is 0 Å². The SMILES string of the molecule is C#CCNC(=NCCCOCC1CC1)NCC.I. The van der Waals surface area contributed by atoms with Crippen molar-refractivity contribution >= 4 is 29.9 Å². The summed E-state index contributed by atoms with van der Waals surface area (Å²) in [6, 6.07) is 0. The number of ether oxygens (including phenoxy) is 1. The zero-order chi connectivity index (χ0) is 12.3. The lowest BCUT2D eigenvalue weighted by Crippen LogP contribution is -2.37. The molecule has 0 heterocycles. The number of rotatable bonds is 8. The molecule has 1 saturated carbocycles. The zero-order valence-corrected chi connectivity index (χ0v) is 13.4. The van der Waals surface area contributed by atoms with E-state index in [1.54, 1.807) is 0 Å². The van der Waals surface area contributed by atoms with Gasteiger partial charge in [-0.05, 0) is 32.1 Å². The van der Waals surface area contributed by atoms with Crippen molar-refractivity contribution in [2.45, 2.75) is 26.2 Å². The predicted molar refractivity (Wildman–Crippen MR) is 86.4 cm³/mol. The average Bonchev–Trinajstić information content (AvgIpc) is 3.14. The van der Waals surface area contributed by atoms with Gasteiger partial charge in [0.2, 0.25) is 0 Å². The van der Waals surface area contributed by atoms with E-state index in [2.05, 4.69) is 21.5 Å². The van der Waals surface area contributed by atoms with E-state index in [-0.39, 0.29) is 24.0 Å². The molecule has 0 bridgehead atoms. The Morgan fingerprint density at radius 1 is 1.44 bits per heavy atom. The van der Waals surface area contributed by atoms with E-state index in [0.717, 1.165) is 44.6 Å². The highest BCUT2D eigenvalue weighted by molar-refractivity contribution is 14.0. The Labute approximate surface area is 127 Å². The second kappa shape index (κ2) is 11.6. The molecule has 0 unspecified atom stereocenters. The van der Waals surface area contributed by atoms with Gasteiger partial charge >= 0.3 is 0 Å². The molecule has 4 nitrogen and oxygen atoms in total. The van der Waals surface area contributed by atoms with Gasteiger partial charge in [0.1, 0.15) is 0 Å². The van der Waals surface area contributed by atoms with E-state index >= 15 is 0 Å². The lowest BCUT2D eigenvalue weighted by Gasteiger charge is -2.08. The normalized spacial score (nSPS) is 14.6. The number of halogens is 1. The van der Waals surface area contributed by atoms with Gasteiger partial charge < -0.3 is 15.4 Å². The molecule has 0 aliphatic heterocycles. The molecule has 2 N–H and O–H groups in total. The summed E-state index contributed by atoms with van der Waals surface area (Å²) >= 11 is 0. The molecule has 5 heteroatoms. The first kappa shape index (κ1) is 17.5. The van der Waals surface area contributed by atoms with Gasteiger partial charge in [-0.15, -0.1) is 30.4 Å². The minimum atomic E-state index is 0. The molecule has 0 amide bonds. The van der Waals surface area contributed by atoms with Crippen LogP contribution in [0.25, 0.3) is 0 Å². The lowest BCUT2D eigenvalue weighted by molar-refractivity contribution is 0.123. The summed E-state index contributed by atoms with van der Waals surface area (Å²) in [4.78, 5) is 4.40. The van der Waals surface area contributed by atoms with Crippen LogP contribution < -0.4 is 10.6 Å². The highest BCUT2D eigenvalue weighted by Crippen LogP contribution is 2.28. The van der Waals surface area contributed by atoms with E-state index in [1.807, 2.05) is 6.92 Å². The number of terminal acetylenes is 1. The maximum atomic E-state index is 5.54. The van der Waals surface area contributed by atoms with Crippen LogP contribution in [0.1, 0.15) is 26.2 Å². The van der Waals surface area contributed by atoms with Crippen molar-refractivity contribution in [3.05, 3.63) is 0 Å². The van der Waals surface area contributed by atoms with Crippen LogP contribution in [0, 0.1) is 18.3 Å². The van der Waals surface area contributed by atoms with Crippen molar-refractivity contribution in [1.29, 1.82) is 0 Å². The van der Waals surface area contributed by atoms with E-state index in [1.165, 1.54) is 12.8 Å². The molecule has 1 fully saturated rings. The maximum Gasteiger partial charge on any atom is 0.192 e. The molecule has 0 spiro atoms. The molecule has 0 saturated heterocycles. The molecule has 0 aromatic heterocycles. The summed E-state index contributed by atoms with van der Waals surface area (Å²) in [6.07, 6.45) is 8.84. The molecule has 18 heavy (non-hydrogen) atoms. The summed E-state index contributed by atoms with van der Waals surface area (Å²) in [5, 5.41) is 6.19. The highest BCUT2D eigenvalue weighted by Gasteiger charge is 2.20. The fourth-order valence-electron chi connectivity index (χ4n) is 1.37. The van der Waals surface area contributed by atoms with Gasteiger partial charge in [-0.1, -0.05) is 5.92 Å². The summed E-state index contributed by atoms with van der Waals surface area (Å²) in [7, 11) is 0. The smallest absolute Gasteiger partial charge is 0.192 e. The number of guanidine groups is 1. The van der Waals surface area contributed by atoms with Gasteiger partial charge in [0.05, 0.1) is 6.54 Å². The molecule has 1 rings (SSSR count). The van der Waals surface area contributed by atoms with Gasteiger partial charge in [0.25, 0.3) is 0 Å². The second-order valence-corrected chi connectivity index (χ2v) is 4.19. The molecular formula is C13H24IN3O. The van der Waals surface area contributed by atoms with Gasteiger partial charge in [0.15, 0.2) is 5.96 Å². The Bertz CT molecular complexity index is 272. The van der Waals surface area contributed by atoms with E-state index < -0.39 is 0 Å². The minimum absolute atomic E-state index is 0. The van der Waals surface area contributed by atoms with Crippen LogP contribution >= 0.6 is 24.0 Å². The van der Waals surface area contributed by atoms with Crippen LogP contribution in [-0.2, 0) is 4.74 Å². The van der Waals surface area contributed by atoms with Crippen LogP contribution in [0.3, 0.4) is 0 Å². The molecule has 0 radical (unpaired) electrons. The maximum absolute atomic E-state index is 5.54. The molecule has 1 aliphatic carbocycles. The second-order valence-electron chi connectivity index (χ2n) is 4.19. The van der Waals surface area contributed by atoms with E-state index in [9.17, 15) is 0 Å². The largest absolute Gasteiger partial charge is 0.381 e. The van der Waals surface area contributed by atoms with Crippen LogP contribution in [0.15, 0.2) is 4.99 Å². The first-order valence-corrected chi connectivity index (χ1v) is 6.40. The first-order chi connectivity index (χ1) is 8.36. The van der Waals surface area contributed by atoms with Gasteiger partial charge in [0, 0.05) is 26.3 Å². The molecule has 104 valence electrons. The fraction of sp³-hybridized carbons (Fsp3) is 0.769. The highest BCUT2D eigenvalue weighted by atomic mass is 127. The Hall–Kier alpha value is -0.480. The van der Waals surface area contributed by atoms with Crippen molar-refractivity contribution in [1.82, 2.24) is 10.6 Å². The van der Waals surface area contributed by atoms with Gasteiger partial charge in [-0.3, -0.25) is 4.99 Å². The third-order valence-corrected chi connectivity index (χ3v) is 2.47. The predicted octanol–water partition coefficient (Wildman–Crippen LogP) is 1.61. The molecule has 0 atom stereocenters. The van der Waals surface area contributed by atoms with Crippen molar-refractivity contribution in [3.63, 3.8) is 0 Å². The number of aliphatic imine (C=N–C) groups is 1. The summed E-state index contributed by atoms with van der Waals surface area (Å²) in [5.74, 6) is 4.16. The minimum Gasteiger partial charge on any atom is -0.381 e. The van der Waals surface area contributed by atoms with Crippen LogP contribution in [0.2, 0.25) is 0 Å². The van der Waals surface area contributed by atoms with Gasteiger partial charge in [-0.25, -0.2) is 0 Å². The topological polar surface area (TPSA) is 45.7 Å². The van der Waals surface area contributed by atoms with E-state index in [4.69, 9.17) is 11.2 Å². The Morgan fingerprint density at radius 3 is 2.83 bits per heavy atom. The van der Waals surface area contributed by atoms with Crippen molar-refractivity contribution in [2.75, 3.05) is 32.8 Å². The number of nitrogens with one attached hydrogen (secondary N) is 2. The monoisotopic (exact) mass is 365 g/mol. The van der Waals surface area contributed by atoms with Crippen molar-refractivity contribution in [3.8, 4) is 12.3 Å².